The van der Waals surface area contributed by atoms with Gasteiger partial charge in [0.25, 0.3) is 0 Å². The first-order chi connectivity index (χ1) is 11.9. The Morgan fingerprint density at radius 1 is 1.00 bits per heavy atom. The predicted molar refractivity (Wildman–Crippen MR) is 107 cm³/mol. The van der Waals surface area contributed by atoms with E-state index in [9.17, 15) is 9.59 Å². The molecular weight excluding hydrogens is 320 g/mol. The maximum atomic E-state index is 12.6. The largest absolute Gasteiger partial charge is 0.299 e. The van der Waals surface area contributed by atoms with Gasteiger partial charge in [0.15, 0.2) is 5.78 Å². The van der Waals surface area contributed by atoms with Gasteiger partial charge in [0.2, 0.25) is 0 Å². The van der Waals surface area contributed by atoms with Crippen LogP contribution in [0.5, 0.6) is 0 Å². The number of hydrogen-bond donors (Lipinski definition) is 0. The Kier molecular flexibility index (Phi) is 4.45. The first kappa shape index (κ1) is 19.6. The van der Waals surface area contributed by atoms with Gasteiger partial charge in [0.1, 0.15) is 5.78 Å². The van der Waals surface area contributed by atoms with Crippen LogP contribution < -0.4 is 0 Å². The molecule has 0 amide bonds. The average Bonchev–Trinajstić information content (AvgIpc) is 2.81. The van der Waals surface area contributed by atoms with Crippen molar-refractivity contribution in [3.05, 3.63) is 23.8 Å². The molecule has 3 rings (SSSR count). The van der Waals surface area contributed by atoms with Crippen LogP contribution in [0.2, 0.25) is 0 Å². The second kappa shape index (κ2) is 5.91. The summed E-state index contributed by atoms with van der Waals surface area (Å²) < 4.78 is 0. The van der Waals surface area contributed by atoms with Crippen LogP contribution in [0.3, 0.4) is 0 Å². The Morgan fingerprint density at radius 2 is 1.65 bits per heavy atom. The molecule has 0 aliphatic heterocycles. The number of allylic oxidation sites excluding steroid dienone is 4. The lowest BCUT2D eigenvalue weighted by Gasteiger charge is -2.60. The lowest BCUT2D eigenvalue weighted by atomic mass is 9.43. The molecule has 0 saturated heterocycles. The van der Waals surface area contributed by atoms with Gasteiger partial charge in [-0.25, -0.2) is 0 Å². The molecule has 26 heavy (non-hydrogen) atoms. The van der Waals surface area contributed by atoms with Crippen molar-refractivity contribution in [2.45, 2.75) is 80.6 Å². The topological polar surface area (TPSA) is 34.1 Å². The summed E-state index contributed by atoms with van der Waals surface area (Å²) in [6, 6.07) is 0. The van der Waals surface area contributed by atoms with E-state index in [-0.39, 0.29) is 27.4 Å². The minimum absolute atomic E-state index is 0.0362. The summed E-state index contributed by atoms with van der Waals surface area (Å²) in [5, 5.41) is 0. The monoisotopic (exact) mass is 356 g/mol. The first-order valence-electron chi connectivity index (χ1n) is 10.4. The van der Waals surface area contributed by atoms with Crippen molar-refractivity contribution in [1.29, 1.82) is 0 Å². The van der Waals surface area contributed by atoms with E-state index in [1.165, 1.54) is 5.57 Å². The Bertz CT molecular complexity index is 697. The van der Waals surface area contributed by atoms with Crippen LogP contribution in [-0.2, 0) is 9.59 Å². The van der Waals surface area contributed by atoms with E-state index in [1.807, 2.05) is 6.08 Å². The highest BCUT2D eigenvalue weighted by atomic mass is 16.1. The molecule has 3 aliphatic carbocycles. The van der Waals surface area contributed by atoms with Gasteiger partial charge in [0, 0.05) is 17.3 Å². The summed E-state index contributed by atoms with van der Waals surface area (Å²) in [5.41, 5.74) is 1.08. The molecule has 0 spiro atoms. The summed E-state index contributed by atoms with van der Waals surface area (Å²) in [6.45, 7) is 16.1. The summed E-state index contributed by atoms with van der Waals surface area (Å²) in [4.78, 5) is 24.7. The molecule has 0 aromatic carbocycles. The van der Waals surface area contributed by atoms with Crippen LogP contribution in [0.15, 0.2) is 23.8 Å². The van der Waals surface area contributed by atoms with Crippen LogP contribution in [-0.4, -0.2) is 11.6 Å². The maximum absolute atomic E-state index is 12.6. The van der Waals surface area contributed by atoms with Crippen molar-refractivity contribution in [3.63, 3.8) is 0 Å². The molecule has 0 aromatic heterocycles. The predicted octanol–water partition coefficient (Wildman–Crippen LogP) is 5.92. The minimum atomic E-state index is -0.176. The lowest BCUT2D eigenvalue weighted by molar-refractivity contribution is -0.127. The third kappa shape index (κ3) is 2.59. The Morgan fingerprint density at radius 3 is 2.23 bits per heavy atom. The molecule has 3 aliphatic rings. The van der Waals surface area contributed by atoms with E-state index in [2.05, 4.69) is 54.5 Å². The Balaban J connectivity index is 1.97. The summed E-state index contributed by atoms with van der Waals surface area (Å²) >= 11 is 0. The van der Waals surface area contributed by atoms with Crippen LogP contribution in [0.1, 0.15) is 80.6 Å². The van der Waals surface area contributed by atoms with Gasteiger partial charge in [-0.3, -0.25) is 9.59 Å². The number of Topliss-reactive ketones (excluding diaryl/α,β-unsaturated/α-hetero) is 1. The highest BCUT2D eigenvalue weighted by Gasteiger charge is 2.58. The fraction of sp³-hybridized carbons (Fsp3) is 0.750. The van der Waals surface area contributed by atoms with E-state index in [0.717, 1.165) is 32.1 Å². The highest BCUT2D eigenvalue weighted by molar-refractivity contribution is 6.01. The van der Waals surface area contributed by atoms with Gasteiger partial charge >= 0.3 is 0 Å². The molecule has 2 nitrogen and oxygen atoms in total. The van der Waals surface area contributed by atoms with Gasteiger partial charge in [-0.1, -0.05) is 60.1 Å². The average molecular weight is 357 g/mol. The summed E-state index contributed by atoms with van der Waals surface area (Å²) in [7, 11) is 0. The molecule has 0 aromatic rings. The number of carbonyl (C=O) groups excluding carboxylic acids is 2. The van der Waals surface area contributed by atoms with Crippen molar-refractivity contribution in [2.24, 2.45) is 33.5 Å². The van der Waals surface area contributed by atoms with Crippen molar-refractivity contribution >= 4 is 11.6 Å². The molecule has 0 N–H and O–H groups in total. The van der Waals surface area contributed by atoms with Gasteiger partial charge in [0.05, 0.1) is 0 Å². The summed E-state index contributed by atoms with van der Waals surface area (Å²) in [5.74, 6) is 1.58. The highest BCUT2D eigenvalue weighted by Crippen LogP contribution is 2.65. The number of ketones is 2. The second-order valence-corrected chi connectivity index (χ2v) is 10.7. The number of fused-ring (bicyclic) bond motifs is 1. The van der Waals surface area contributed by atoms with Crippen molar-refractivity contribution in [2.75, 3.05) is 0 Å². The van der Waals surface area contributed by atoms with E-state index in [0.29, 0.717) is 17.6 Å². The molecule has 0 radical (unpaired) electrons. The molecule has 0 bridgehead atoms. The van der Waals surface area contributed by atoms with Crippen LogP contribution >= 0.6 is 0 Å². The number of carbonyl (C=O) groups is 2. The smallest absolute Gasteiger partial charge is 0.178 e. The number of rotatable bonds is 3. The van der Waals surface area contributed by atoms with Crippen LogP contribution in [0.4, 0.5) is 0 Å². The van der Waals surface area contributed by atoms with Gasteiger partial charge in [-0.05, 0) is 60.5 Å². The minimum Gasteiger partial charge on any atom is -0.299 e. The maximum Gasteiger partial charge on any atom is 0.178 e. The van der Waals surface area contributed by atoms with Crippen molar-refractivity contribution in [1.82, 2.24) is 0 Å². The molecule has 0 heterocycles. The van der Waals surface area contributed by atoms with Crippen LogP contribution in [0, 0.1) is 33.5 Å². The van der Waals surface area contributed by atoms with Crippen molar-refractivity contribution < 1.29 is 9.59 Å². The summed E-state index contributed by atoms with van der Waals surface area (Å²) in [6.07, 6.45) is 10.7. The van der Waals surface area contributed by atoms with E-state index < -0.39 is 0 Å². The second-order valence-electron chi connectivity index (χ2n) is 10.7. The molecule has 2 heteroatoms. The van der Waals surface area contributed by atoms with Crippen LogP contribution in [0.25, 0.3) is 0 Å². The quantitative estimate of drug-likeness (QED) is 0.629. The zero-order valence-corrected chi connectivity index (χ0v) is 17.7. The van der Waals surface area contributed by atoms with Gasteiger partial charge in [-0.2, -0.15) is 0 Å². The van der Waals surface area contributed by atoms with E-state index >= 15 is 0 Å². The lowest BCUT2D eigenvalue weighted by Crippen LogP contribution is -2.53. The third-order valence-corrected chi connectivity index (χ3v) is 8.94. The number of hydrogen-bond acceptors (Lipinski definition) is 2. The first-order valence-corrected chi connectivity index (χ1v) is 10.4. The molecular formula is C24H36O2. The zero-order chi connectivity index (χ0) is 19.5. The molecule has 144 valence electrons. The SMILES string of the molecule is C[C@@H]1CC(C)(C)C2=CC(=O)C=C[C@]2(C)[C@@]1(C)CC[C@]1(C)C(=O)CC[C@@H]1C. The standard InChI is InChI=1S/C24H36O2/c1-16-8-9-20(26)22(16,5)12-13-23(6)17(2)15-21(3,4)19-14-18(25)10-11-24(19,23)7/h10-11,14,16-17H,8-9,12-13,15H2,1-7H3/t16-,17+,22-,23-,24-/m0/s1. The van der Waals surface area contributed by atoms with E-state index in [1.54, 1.807) is 6.08 Å². The molecule has 0 unspecified atom stereocenters. The third-order valence-electron chi connectivity index (χ3n) is 8.94. The van der Waals surface area contributed by atoms with E-state index in [4.69, 9.17) is 0 Å². The molecule has 2 fully saturated rings. The molecule has 5 atom stereocenters. The molecule has 2 saturated carbocycles. The normalized spacial score (nSPS) is 44.8. The zero-order valence-electron chi connectivity index (χ0n) is 17.7. The fourth-order valence-electron chi connectivity index (χ4n) is 6.33. The van der Waals surface area contributed by atoms with Gasteiger partial charge in [-0.15, -0.1) is 0 Å². The Hall–Kier alpha value is -1.18. The van der Waals surface area contributed by atoms with Gasteiger partial charge < -0.3 is 0 Å². The fourth-order valence-corrected chi connectivity index (χ4v) is 6.33. The Labute approximate surface area is 159 Å². The van der Waals surface area contributed by atoms with Crippen molar-refractivity contribution in [3.8, 4) is 0 Å².